The average Bonchev–Trinajstić information content (AvgIpc) is 3.09. The predicted octanol–water partition coefficient (Wildman–Crippen LogP) is 4.08. The van der Waals surface area contributed by atoms with E-state index in [1.165, 1.54) is 0 Å². The van der Waals surface area contributed by atoms with Crippen LogP contribution in [0.3, 0.4) is 0 Å². The molecule has 0 saturated carbocycles. The molecule has 1 aliphatic heterocycles. The van der Waals surface area contributed by atoms with Crippen molar-refractivity contribution in [1.29, 1.82) is 0 Å². The van der Waals surface area contributed by atoms with E-state index in [1.54, 1.807) is 12.1 Å². The van der Waals surface area contributed by atoms with Crippen LogP contribution in [0, 0.1) is 0 Å². The third kappa shape index (κ3) is 4.98. The van der Waals surface area contributed by atoms with Crippen molar-refractivity contribution < 1.29 is 14.3 Å². The monoisotopic (exact) mass is 345 g/mol. The number of ether oxygens (including phenoxy) is 2. The Hall–Kier alpha value is -2.04. The first kappa shape index (κ1) is 16.8. The molecule has 0 aromatic heterocycles. The van der Waals surface area contributed by atoms with Crippen LogP contribution in [0.4, 0.5) is 5.69 Å². The van der Waals surface area contributed by atoms with Gasteiger partial charge in [-0.1, -0.05) is 29.8 Å². The summed E-state index contributed by atoms with van der Waals surface area (Å²) in [7, 11) is 0. The predicted molar refractivity (Wildman–Crippen MR) is 94.7 cm³/mol. The van der Waals surface area contributed by atoms with Gasteiger partial charge in [0, 0.05) is 23.4 Å². The number of anilines is 1. The van der Waals surface area contributed by atoms with E-state index in [4.69, 9.17) is 21.1 Å². The van der Waals surface area contributed by atoms with Crippen molar-refractivity contribution in [3.63, 3.8) is 0 Å². The molecule has 5 heteroatoms. The number of hydrogen-bond donors (Lipinski definition) is 1. The zero-order valence-electron chi connectivity index (χ0n) is 13.3. The number of amides is 1. The molecule has 1 N–H and O–H groups in total. The zero-order valence-corrected chi connectivity index (χ0v) is 14.1. The van der Waals surface area contributed by atoms with Gasteiger partial charge in [-0.2, -0.15) is 0 Å². The first-order valence-corrected chi connectivity index (χ1v) is 8.45. The van der Waals surface area contributed by atoms with E-state index in [0.717, 1.165) is 36.4 Å². The second kappa shape index (κ2) is 8.18. The highest BCUT2D eigenvalue weighted by Crippen LogP contribution is 2.20. The molecule has 1 saturated heterocycles. The third-order valence-electron chi connectivity index (χ3n) is 3.86. The Morgan fingerprint density at radius 3 is 2.83 bits per heavy atom. The summed E-state index contributed by atoms with van der Waals surface area (Å²) in [6.45, 7) is 1.36. The Labute approximate surface area is 146 Å². The normalized spacial score (nSPS) is 16.8. The number of benzene rings is 2. The Balaban J connectivity index is 1.53. The van der Waals surface area contributed by atoms with Gasteiger partial charge in [0.15, 0.2) is 0 Å². The highest BCUT2D eigenvalue weighted by molar-refractivity contribution is 6.30. The molecule has 0 radical (unpaired) electrons. The second-order valence-electron chi connectivity index (χ2n) is 5.83. The number of carbonyl (C=O) groups is 1. The summed E-state index contributed by atoms with van der Waals surface area (Å²) in [5.41, 5.74) is 1.64. The van der Waals surface area contributed by atoms with Crippen molar-refractivity contribution in [2.75, 3.05) is 18.5 Å². The first-order chi connectivity index (χ1) is 11.7. The topological polar surface area (TPSA) is 47.6 Å². The maximum Gasteiger partial charge on any atom is 0.228 e. The van der Waals surface area contributed by atoms with Crippen LogP contribution in [-0.2, 0) is 16.0 Å². The Morgan fingerprint density at radius 1 is 1.25 bits per heavy atom. The van der Waals surface area contributed by atoms with Crippen LogP contribution in [-0.4, -0.2) is 25.2 Å². The Kier molecular flexibility index (Phi) is 5.72. The molecule has 1 atom stereocenters. The van der Waals surface area contributed by atoms with Crippen molar-refractivity contribution >= 4 is 23.2 Å². The van der Waals surface area contributed by atoms with Crippen LogP contribution in [0.1, 0.15) is 18.4 Å². The van der Waals surface area contributed by atoms with E-state index in [9.17, 15) is 4.79 Å². The summed E-state index contributed by atoms with van der Waals surface area (Å²) in [5, 5.41) is 3.55. The molecule has 24 heavy (non-hydrogen) atoms. The minimum atomic E-state index is -0.0754. The maximum atomic E-state index is 12.1. The number of carbonyl (C=O) groups excluding carboxylic acids is 1. The van der Waals surface area contributed by atoms with Crippen LogP contribution in [0.25, 0.3) is 0 Å². The second-order valence-corrected chi connectivity index (χ2v) is 6.26. The van der Waals surface area contributed by atoms with Gasteiger partial charge in [0.05, 0.1) is 12.5 Å². The summed E-state index contributed by atoms with van der Waals surface area (Å²) in [4.78, 5) is 12.1. The molecule has 0 aliphatic carbocycles. The highest BCUT2D eigenvalue weighted by Gasteiger charge is 2.16. The van der Waals surface area contributed by atoms with E-state index in [1.807, 2.05) is 36.4 Å². The molecule has 2 aromatic rings. The SMILES string of the molecule is O=C(Cc1ccc(Cl)cc1)Nc1cccc(OCC2CCCO2)c1. The Bertz CT molecular complexity index is 681. The van der Waals surface area contributed by atoms with Crippen molar-refractivity contribution in [2.24, 2.45) is 0 Å². The molecular formula is C19H20ClNO3. The smallest absolute Gasteiger partial charge is 0.228 e. The molecule has 4 nitrogen and oxygen atoms in total. The molecule has 2 aromatic carbocycles. The van der Waals surface area contributed by atoms with Crippen LogP contribution >= 0.6 is 11.6 Å². The standard InChI is InChI=1S/C19H20ClNO3/c20-15-8-6-14(7-9-15)11-19(22)21-16-3-1-4-17(12-16)24-13-18-5-2-10-23-18/h1,3-4,6-9,12,18H,2,5,10-11,13H2,(H,21,22). The minimum absolute atomic E-state index is 0.0754. The molecule has 1 heterocycles. The van der Waals surface area contributed by atoms with Gasteiger partial charge in [0.2, 0.25) is 5.91 Å². The van der Waals surface area contributed by atoms with Gasteiger partial charge in [-0.25, -0.2) is 0 Å². The van der Waals surface area contributed by atoms with Gasteiger partial charge < -0.3 is 14.8 Å². The lowest BCUT2D eigenvalue weighted by atomic mass is 10.1. The lowest BCUT2D eigenvalue weighted by Gasteiger charge is -2.12. The van der Waals surface area contributed by atoms with E-state index < -0.39 is 0 Å². The molecule has 1 amide bonds. The minimum Gasteiger partial charge on any atom is -0.491 e. The highest BCUT2D eigenvalue weighted by atomic mass is 35.5. The fourth-order valence-electron chi connectivity index (χ4n) is 2.62. The van der Waals surface area contributed by atoms with Crippen molar-refractivity contribution in [3.8, 4) is 5.75 Å². The maximum absolute atomic E-state index is 12.1. The van der Waals surface area contributed by atoms with Crippen LogP contribution in [0.15, 0.2) is 48.5 Å². The lowest BCUT2D eigenvalue weighted by molar-refractivity contribution is -0.115. The van der Waals surface area contributed by atoms with Crippen LogP contribution in [0.2, 0.25) is 5.02 Å². The largest absolute Gasteiger partial charge is 0.491 e. The van der Waals surface area contributed by atoms with E-state index >= 15 is 0 Å². The number of rotatable bonds is 6. The molecule has 1 unspecified atom stereocenters. The quantitative estimate of drug-likeness (QED) is 0.858. The molecule has 0 bridgehead atoms. The van der Waals surface area contributed by atoms with E-state index in [0.29, 0.717) is 18.1 Å². The molecule has 3 rings (SSSR count). The van der Waals surface area contributed by atoms with Crippen molar-refractivity contribution in [1.82, 2.24) is 0 Å². The molecular weight excluding hydrogens is 326 g/mol. The van der Waals surface area contributed by atoms with Gasteiger partial charge in [-0.05, 0) is 42.7 Å². The third-order valence-corrected chi connectivity index (χ3v) is 4.11. The molecule has 1 aliphatic rings. The zero-order chi connectivity index (χ0) is 16.8. The molecule has 1 fully saturated rings. The van der Waals surface area contributed by atoms with Crippen molar-refractivity contribution in [2.45, 2.75) is 25.4 Å². The van der Waals surface area contributed by atoms with Gasteiger partial charge >= 0.3 is 0 Å². The van der Waals surface area contributed by atoms with Crippen molar-refractivity contribution in [3.05, 3.63) is 59.1 Å². The summed E-state index contributed by atoms with van der Waals surface area (Å²) in [6, 6.07) is 14.7. The van der Waals surface area contributed by atoms with E-state index in [-0.39, 0.29) is 12.0 Å². The van der Waals surface area contributed by atoms with Gasteiger partial charge in [0.1, 0.15) is 12.4 Å². The summed E-state index contributed by atoms with van der Waals surface area (Å²) in [6.07, 6.45) is 2.61. The number of halogens is 1. The fraction of sp³-hybridized carbons (Fsp3) is 0.316. The van der Waals surface area contributed by atoms with Gasteiger partial charge in [-0.3, -0.25) is 4.79 Å². The average molecular weight is 346 g/mol. The first-order valence-electron chi connectivity index (χ1n) is 8.08. The number of nitrogens with one attached hydrogen (secondary N) is 1. The van der Waals surface area contributed by atoms with Crippen LogP contribution in [0.5, 0.6) is 5.75 Å². The molecule has 0 spiro atoms. The fourth-order valence-corrected chi connectivity index (χ4v) is 2.75. The van der Waals surface area contributed by atoms with Gasteiger partial charge in [-0.15, -0.1) is 0 Å². The Morgan fingerprint density at radius 2 is 2.08 bits per heavy atom. The van der Waals surface area contributed by atoms with E-state index in [2.05, 4.69) is 5.32 Å². The number of hydrogen-bond acceptors (Lipinski definition) is 3. The van der Waals surface area contributed by atoms with Gasteiger partial charge in [0.25, 0.3) is 0 Å². The summed E-state index contributed by atoms with van der Waals surface area (Å²) in [5.74, 6) is 0.656. The lowest BCUT2D eigenvalue weighted by Crippen LogP contribution is -2.17. The van der Waals surface area contributed by atoms with Crippen LogP contribution < -0.4 is 10.1 Å². The summed E-state index contributed by atoms with van der Waals surface area (Å²) < 4.78 is 11.3. The summed E-state index contributed by atoms with van der Waals surface area (Å²) >= 11 is 5.85. The molecule has 126 valence electrons.